The highest BCUT2D eigenvalue weighted by Gasteiger charge is 2.17. The number of amides is 1. The molecule has 0 aliphatic heterocycles. The standard InChI is InChI=1S/C21H19BrN2O3S/c1-14-6-11-20(15(2)12-14)23-21(25)16-4-3-5-19(13-16)28(26,27)24-18-9-7-17(22)8-10-18/h3-13,24H,1-2H3,(H,23,25). The molecular formula is C21H19BrN2O3S. The molecule has 3 aromatic rings. The molecular weight excluding hydrogens is 440 g/mol. The van der Waals surface area contributed by atoms with Crippen molar-refractivity contribution in [1.82, 2.24) is 0 Å². The van der Waals surface area contributed by atoms with Crippen LogP contribution in [0.2, 0.25) is 0 Å². The molecule has 2 N–H and O–H groups in total. The molecule has 0 saturated carbocycles. The zero-order valence-corrected chi connectivity index (χ0v) is 17.8. The van der Waals surface area contributed by atoms with Crippen LogP contribution in [0.5, 0.6) is 0 Å². The maximum absolute atomic E-state index is 12.7. The van der Waals surface area contributed by atoms with E-state index < -0.39 is 10.0 Å². The SMILES string of the molecule is Cc1ccc(NC(=O)c2cccc(S(=O)(=O)Nc3ccc(Br)cc3)c2)c(C)c1. The Morgan fingerprint density at radius 3 is 2.32 bits per heavy atom. The van der Waals surface area contributed by atoms with Crippen LogP contribution in [-0.4, -0.2) is 14.3 Å². The Hall–Kier alpha value is -2.64. The summed E-state index contributed by atoms with van der Waals surface area (Å²) < 4.78 is 28.7. The monoisotopic (exact) mass is 458 g/mol. The summed E-state index contributed by atoms with van der Waals surface area (Å²) in [5.74, 6) is -0.368. The molecule has 0 unspecified atom stereocenters. The second-order valence-corrected chi connectivity index (χ2v) is 9.01. The number of nitrogens with one attached hydrogen (secondary N) is 2. The molecule has 0 radical (unpaired) electrons. The first kappa shape index (κ1) is 20.1. The van der Waals surface area contributed by atoms with E-state index in [0.717, 1.165) is 15.6 Å². The van der Waals surface area contributed by atoms with Gasteiger partial charge in [0, 0.05) is 21.4 Å². The number of hydrogen-bond acceptors (Lipinski definition) is 3. The van der Waals surface area contributed by atoms with Gasteiger partial charge in [-0.05, 0) is 67.9 Å². The Labute approximate surface area is 173 Å². The van der Waals surface area contributed by atoms with Crippen LogP contribution in [0.25, 0.3) is 0 Å². The zero-order valence-electron chi connectivity index (χ0n) is 15.4. The van der Waals surface area contributed by atoms with Gasteiger partial charge in [0.25, 0.3) is 15.9 Å². The Kier molecular flexibility index (Phi) is 5.86. The third-order valence-electron chi connectivity index (χ3n) is 4.13. The predicted octanol–water partition coefficient (Wildman–Crippen LogP) is 5.12. The Balaban J connectivity index is 1.82. The summed E-state index contributed by atoms with van der Waals surface area (Å²) >= 11 is 3.31. The van der Waals surface area contributed by atoms with E-state index >= 15 is 0 Å². The van der Waals surface area contributed by atoms with Crippen LogP contribution < -0.4 is 10.0 Å². The first-order valence-corrected chi connectivity index (χ1v) is 10.8. The molecule has 144 valence electrons. The minimum atomic E-state index is -3.81. The van der Waals surface area contributed by atoms with Crippen LogP contribution in [0, 0.1) is 13.8 Å². The van der Waals surface area contributed by atoms with Crippen molar-refractivity contribution in [2.75, 3.05) is 10.0 Å². The van der Waals surface area contributed by atoms with Crippen molar-refractivity contribution in [3.63, 3.8) is 0 Å². The number of carbonyl (C=O) groups is 1. The number of rotatable bonds is 5. The van der Waals surface area contributed by atoms with E-state index in [1.54, 1.807) is 36.4 Å². The van der Waals surface area contributed by atoms with Crippen LogP contribution in [-0.2, 0) is 10.0 Å². The molecule has 0 aromatic heterocycles. The molecule has 1 amide bonds. The second-order valence-electron chi connectivity index (χ2n) is 6.41. The third kappa shape index (κ3) is 4.79. The van der Waals surface area contributed by atoms with Crippen molar-refractivity contribution in [2.45, 2.75) is 18.7 Å². The minimum absolute atomic E-state index is 0.0173. The fourth-order valence-electron chi connectivity index (χ4n) is 2.68. The summed E-state index contributed by atoms with van der Waals surface area (Å²) in [7, 11) is -3.81. The quantitative estimate of drug-likeness (QED) is 0.556. The lowest BCUT2D eigenvalue weighted by Gasteiger charge is -2.11. The number of sulfonamides is 1. The maximum atomic E-state index is 12.7. The molecule has 0 atom stereocenters. The van der Waals surface area contributed by atoms with E-state index in [1.807, 2.05) is 32.0 Å². The number of aryl methyl sites for hydroxylation is 2. The van der Waals surface area contributed by atoms with E-state index in [0.29, 0.717) is 11.4 Å². The smallest absolute Gasteiger partial charge is 0.261 e. The average Bonchev–Trinajstić information content (AvgIpc) is 2.66. The number of carbonyl (C=O) groups excluding carboxylic acids is 1. The van der Waals surface area contributed by atoms with Crippen molar-refractivity contribution in [3.05, 3.63) is 87.9 Å². The highest BCUT2D eigenvalue weighted by Crippen LogP contribution is 2.21. The Morgan fingerprint density at radius 1 is 0.929 bits per heavy atom. The lowest BCUT2D eigenvalue weighted by Crippen LogP contribution is -2.16. The topological polar surface area (TPSA) is 75.3 Å². The first-order chi connectivity index (χ1) is 13.2. The van der Waals surface area contributed by atoms with Crippen molar-refractivity contribution in [2.24, 2.45) is 0 Å². The molecule has 0 heterocycles. The molecule has 3 rings (SSSR count). The number of halogens is 1. The normalized spacial score (nSPS) is 11.1. The van der Waals surface area contributed by atoms with Crippen LogP contribution in [0.15, 0.2) is 76.1 Å². The lowest BCUT2D eigenvalue weighted by molar-refractivity contribution is 0.102. The van der Waals surface area contributed by atoms with Crippen LogP contribution >= 0.6 is 15.9 Å². The van der Waals surface area contributed by atoms with E-state index in [1.165, 1.54) is 12.1 Å². The summed E-state index contributed by atoms with van der Waals surface area (Å²) in [6.07, 6.45) is 0. The summed E-state index contributed by atoms with van der Waals surface area (Å²) in [5.41, 5.74) is 3.43. The number of anilines is 2. The fourth-order valence-corrected chi connectivity index (χ4v) is 4.05. The molecule has 0 bridgehead atoms. The van der Waals surface area contributed by atoms with Crippen molar-refractivity contribution < 1.29 is 13.2 Å². The summed E-state index contributed by atoms with van der Waals surface area (Å²) in [5, 5.41) is 2.83. The van der Waals surface area contributed by atoms with E-state index in [9.17, 15) is 13.2 Å². The Bertz CT molecular complexity index is 1130. The highest BCUT2D eigenvalue weighted by atomic mass is 79.9. The van der Waals surface area contributed by atoms with Gasteiger partial charge in [-0.1, -0.05) is 39.7 Å². The van der Waals surface area contributed by atoms with Crippen LogP contribution in [0.4, 0.5) is 11.4 Å². The fraction of sp³-hybridized carbons (Fsp3) is 0.0952. The minimum Gasteiger partial charge on any atom is -0.322 e. The maximum Gasteiger partial charge on any atom is 0.261 e. The molecule has 0 saturated heterocycles. The van der Waals surface area contributed by atoms with Crippen LogP contribution in [0.1, 0.15) is 21.5 Å². The van der Waals surface area contributed by atoms with Crippen molar-refractivity contribution in [1.29, 1.82) is 0 Å². The van der Waals surface area contributed by atoms with Gasteiger partial charge in [0.1, 0.15) is 0 Å². The lowest BCUT2D eigenvalue weighted by atomic mass is 10.1. The highest BCUT2D eigenvalue weighted by molar-refractivity contribution is 9.10. The largest absolute Gasteiger partial charge is 0.322 e. The average molecular weight is 459 g/mol. The van der Waals surface area contributed by atoms with E-state index in [4.69, 9.17) is 0 Å². The molecule has 0 spiro atoms. The Morgan fingerprint density at radius 2 is 1.64 bits per heavy atom. The molecule has 7 heteroatoms. The molecule has 5 nitrogen and oxygen atoms in total. The second kappa shape index (κ2) is 8.16. The van der Waals surface area contributed by atoms with Gasteiger partial charge in [-0.3, -0.25) is 9.52 Å². The van der Waals surface area contributed by atoms with E-state index in [-0.39, 0.29) is 16.4 Å². The van der Waals surface area contributed by atoms with Gasteiger partial charge in [-0.2, -0.15) is 0 Å². The van der Waals surface area contributed by atoms with Crippen molar-refractivity contribution in [3.8, 4) is 0 Å². The first-order valence-electron chi connectivity index (χ1n) is 8.52. The molecule has 0 aliphatic rings. The van der Waals surface area contributed by atoms with Gasteiger partial charge >= 0.3 is 0 Å². The van der Waals surface area contributed by atoms with E-state index in [2.05, 4.69) is 26.0 Å². The van der Waals surface area contributed by atoms with Crippen LogP contribution in [0.3, 0.4) is 0 Å². The molecule has 0 fully saturated rings. The number of hydrogen-bond donors (Lipinski definition) is 2. The third-order valence-corrected chi connectivity index (χ3v) is 6.04. The van der Waals surface area contributed by atoms with Crippen molar-refractivity contribution >= 4 is 43.2 Å². The van der Waals surface area contributed by atoms with Gasteiger partial charge < -0.3 is 5.32 Å². The summed E-state index contributed by atoms with van der Waals surface area (Å²) in [6.45, 7) is 3.89. The predicted molar refractivity (Wildman–Crippen MR) is 115 cm³/mol. The molecule has 0 aliphatic carbocycles. The number of benzene rings is 3. The van der Waals surface area contributed by atoms with Gasteiger partial charge in [0.2, 0.25) is 0 Å². The summed E-state index contributed by atoms with van der Waals surface area (Å²) in [6, 6.07) is 18.4. The zero-order chi connectivity index (χ0) is 20.3. The molecule has 28 heavy (non-hydrogen) atoms. The molecule has 3 aromatic carbocycles. The van der Waals surface area contributed by atoms with Gasteiger partial charge in [0.05, 0.1) is 4.90 Å². The van der Waals surface area contributed by atoms with Gasteiger partial charge in [-0.25, -0.2) is 8.42 Å². The summed E-state index contributed by atoms with van der Waals surface area (Å²) in [4.78, 5) is 12.6. The van der Waals surface area contributed by atoms with Gasteiger partial charge in [-0.15, -0.1) is 0 Å². The van der Waals surface area contributed by atoms with Gasteiger partial charge in [0.15, 0.2) is 0 Å².